The van der Waals surface area contributed by atoms with Crippen molar-refractivity contribution >= 4 is 24.3 Å². The predicted octanol–water partition coefficient (Wildman–Crippen LogP) is 2.00. The second kappa shape index (κ2) is 6.10. The first-order chi connectivity index (χ1) is 7.28. The van der Waals surface area contributed by atoms with Gasteiger partial charge in [-0.25, -0.2) is 4.79 Å². The fraction of sp³-hybridized carbons (Fsp3) is 0.818. The quantitative estimate of drug-likeness (QED) is 0.703. The van der Waals surface area contributed by atoms with E-state index in [1.807, 2.05) is 27.7 Å². The summed E-state index contributed by atoms with van der Waals surface area (Å²) in [6.07, 6.45) is 0.495. The molecule has 1 fully saturated rings. The Morgan fingerprint density at radius 2 is 2.12 bits per heavy atom. The maximum absolute atomic E-state index is 11.8. The summed E-state index contributed by atoms with van der Waals surface area (Å²) in [5.41, 5.74) is -0.482. The molecule has 0 spiro atoms. The van der Waals surface area contributed by atoms with Crippen LogP contribution >= 0.6 is 12.4 Å². The van der Waals surface area contributed by atoms with Crippen molar-refractivity contribution in [1.82, 2.24) is 10.2 Å². The first-order valence-corrected chi connectivity index (χ1v) is 5.60. The molecule has 0 aromatic carbocycles. The molecule has 0 aliphatic carbocycles. The Balaban J connectivity index is 0.00000256. The highest BCUT2D eigenvalue weighted by Gasteiger charge is 2.25. The normalized spacial score (nSPS) is 21.1. The zero-order chi connectivity index (χ0) is 12.3. The lowest BCUT2D eigenvalue weighted by Crippen LogP contribution is -2.40. The second-order valence-electron chi connectivity index (χ2n) is 5.21. The molecule has 1 aliphatic heterocycles. The summed E-state index contributed by atoms with van der Waals surface area (Å²) in [6, 6.07) is 0.236. The number of carbonyl (C=O) groups is 1. The number of halogens is 1. The molecule has 0 bridgehead atoms. The van der Waals surface area contributed by atoms with Crippen LogP contribution in [0.15, 0.2) is 0 Å². The Labute approximate surface area is 109 Å². The summed E-state index contributed by atoms with van der Waals surface area (Å²) >= 11 is 0. The van der Waals surface area contributed by atoms with Crippen LogP contribution < -0.4 is 5.32 Å². The van der Waals surface area contributed by atoms with Crippen LogP contribution in [0.5, 0.6) is 0 Å². The Morgan fingerprint density at radius 1 is 1.53 bits per heavy atom. The molecule has 1 atom stereocenters. The third-order valence-corrected chi connectivity index (χ3v) is 2.25. The van der Waals surface area contributed by atoms with E-state index in [9.17, 15) is 4.79 Å². The molecule has 0 radical (unpaired) electrons. The van der Waals surface area contributed by atoms with Crippen LogP contribution in [0.25, 0.3) is 0 Å². The summed E-state index contributed by atoms with van der Waals surface area (Å²) in [5, 5.41) is 10.7. The molecule has 5 nitrogen and oxygen atoms in total. The second-order valence-corrected chi connectivity index (χ2v) is 5.21. The molecule has 1 unspecified atom stereocenters. The monoisotopic (exact) mass is 263 g/mol. The molecule has 1 saturated heterocycles. The van der Waals surface area contributed by atoms with Crippen molar-refractivity contribution < 1.29 is 9.53 Å². The van der Waals surface area contributed by atoms with E-state index < -0.39 is 5.60 Å². The van der Waals surface area contributed by atoms with Crippen LogP contribution in [0.3, 0.4) is 0 Å². The highest BCUT2D eigenvalue weighted by Crippen LogP contribution is 2.11. The van der Waals surface area contributed by atoms with Crippen molar-refractivity contribution in [2.24, 2.45) is 0 Å². The molecular formula is C11H22ClN3O2. The molecule has 1 rings (SSSR count). The van der Waals surface area contributed by atoms with Crippen LogP contribution in [0.4, 0.5) is 4.79 Å². The number of amidine groups is 1. The number of amides is 1. The highest BCUT2D eigenvalue weighted by atomic mass is 35.5. The Bertz CT molecular complexity index is 289. The van der Waals surface area contributed by atoms with E-state index in [-0.39, 0.29) is 24.5 Å². The number of hydrogen-bond acceptors (Lipinski definition) is 3. The fourth-order valence-electron chi connectivity index (χ4n) is 1.52. The molecule has 0 saturated carbocycles. The Hall–Kier alpha value is -0.970. The van der Waals surface area contributed by atoms with Crippen molar-refractivity contribution in [2.75, 3.05) is 13.1 Å². The zero-order valence-electron chi connectivity index (χ0n) is 10.9. The van der Waals surface area contributed by atoms with Gasteiger partial charge in [0.25, 0.3) is 0 Å². The average Bonchev–Trinajstić information content (AvgIpc) is 2.23. The van der Waals surface area contributed by atoms with E-state index in [0.29, 0.717) is 18.9 Å². The van der Waals surface area contributed by atoms with E-state index >= 15 is 0 Å². The zero-order valence-corrected chi connectivity index (χ0v) is 11.7. The van der Waals surface area contributed by atoms with Gasteiger partial charge < -0.3 is 15.0 Å². The van der Waals surface area contributed by atoms with Gasteiger partial charge >= 0.3 is 6.09 Å². The lowest BCUT2D eigenvalue weighted by molar-refractivity contribution is 0.0280. The van der Waals surface area contributed by atoms with Crippen molar-refractivity contribution in [3.63, 3.8) is 0 Å². The molecule has 0 aromatic heterocycles. The predicted molar refractivity (Wildman–Crippen MR) is 70.0 cm³/mol. The van der Waals surface area contributed by atoms with Crippen molar-refractivity contribution in [3.05, 3.63) is 0 Å². The van der Waals surface area contributed by atoms with E-state index in [4.69, 9.17) is 10.1 Å². The number of nitrogens with one attached hydrogen (secondary N) is 2. The van der Waals surface area contributed by atoms with Gasteiger partial charge in [0.2, 0.25) is 0 Å². The van der Waals surface area contributed by atoms with Gasteiger partial charge in [0, 0.05) is 12.6 Å². The fourth-order valence-corrected chi connectivity index (χ4v) is 1.52. The third-order valence-electron chi connectivity index (χ3n) is 2.25. The lowest BCUT2D eigenvalue weighted by atomic mass is 10.2. The summed E-state index contributed by atoms with van der Waals surface area (Å²) < 4.78 is 5.28. The van der Waals surface area contributed by atoms with Crippen molar-refractivity contribution in [3.8, 4) is 0 Å². The van der Waals surface area contributed by atoms with Crippen LogP contribution in [0.2, 0.25) is 0 Å². The van der Waals surface area contributed by atoms with Crippen molar-refractivity contribution in [1.29, 1.82) is 5.41 Å². The first kappa shape index (κ1) is 16.0. The molecule has 17 heavy (non-hydrogen) atoms. The van der Waals surface area contributed by atoms with Crippen molar-refractivity contribution in [2.45, 2.75) is 45.8 Å². The van der Waals surface area contributed by atoms with E-state index in [2.05, 4.69) is 5.32 Å². The van der Waals surface area contributed by atoms with E-state index in [1.54, 1.807) is 4.90 Å². The van der Waals surface area contributed by atoms with Crippen LogP contribution in [0.1, 0.15) is 34.1 Å². The summed E-state index contributed by atoms with van der Waals surface area (Å²) in [4.78, 5) is 13.4. The number of ether oxygens (including phenoxy) is 1. The van der Waals surface area contributed by atoms with Gasteiger partial charge in [-0.15, -0.1) is 12.4 Å². The Morgan fingerprint density at radius 3 is 2.65 bits per heavy atom. The standard InChI is InChI=1S/C11H21N3O2.ClH/c1-8-5-6-14(7-9(12)13-8)10(15)16-11(2,3)4;/h8H,5-7H2,1-4H3,(H2,12,13);1H. The number of rotatable bonds is 0. The topological polar surface area (TPSA) is 65.4 Å². The minimum atomic E-state index is -0.482. The molecule has 100 valence electrons. The smallest absolute Gasteiger partial charge is 0.410 e. The van der Waals surface area contributed by atoms with Gasteiger partial charge in [0.1, 0.15) is 11.4 Å². The highest BCUT2D eigenvalue weighted by molar-refractivity contribution is 5.85. The van der Waals surface area contributed by atoms with Crippen LogP contribution in [0, 0.1) is 5.41 Å². The van der Waals surface area contributed by atoms with Crippen LogP contribution in [-0.2, 0) is 4.74 Å². The molecule has 6 heteroatoms. The number of nitrogens with zero attached hydrogens (tertiary/aromatic N) is 1. The SMILES string of the molecule is CC1CCN(C(=O)OC(C)(C)C)CC(=N)N1.Cl. The van der Waals surface area contributed by atoms with Gasteiger partial charge in [0.15, 0.2) is 0 Å². The minimum Gasteiger partial charge on any atom is -0.444 e. The maximum Gasteiger partial charge on any atom is 0.410 e. The molecule has 1 amide bonds. The summed E-state index contributed by atoms with van der Waals surface area (Å²) in [5.74, 6) is 0.371. The van der Waals surface area contributed by atoms with Gasteiger partial charge in [0.05, 0.1) is 6.54 Å². The molecule has 1 aliphatic rings. The van der Waals surface area contributed by atoms with Crippen LogP contribution in [-0.4, -0.2) is 41.6 Å². The number of hydrogen-bond donors (Lipinski definition) is 2. The third kappa shape index (κ3) is 5.77. The van der Waals surface area contributed by atoms with Gasteiger partial charge in [-0.1, -0.05) is 0 Å². The Kier molecular flexibility index (Phi) is 5.75. The van der Waals surface area contributed by atoms with Gasteiger partial charge in [-0.2, -0.15) is 0 Å². The van der Waals surface area contributed by atoms with E-state index in [0.717, 1.165) is 6.42 Å². The molecule has 0 aromatic rings. The largest absolute Gasteiger partial charge is 0.444 e. The molecular weight excluding hydrogens is 242 g/mol. The summed E-state index contributed by atoms with van der Waals surface area (Å²) in [6.45, 7) is 8.47. The average molecular weight is 264 g/mol. The maximum atomic E-state index is 11.8. The molecule has 2 N–H and O–H groups in total. The van der Waals surface area contributed by atoms with Gasteiger partial charge in [-0.05, 0) is 34.1 Å². The van der Waals surface area contributed by atoms with Gasteiger partial charge in [-0.3, -0.25) is 5.41 Å². The lowest BCUT2D eigenvalue weighted by Gasteiger charge is -2.26. The minimum absolute atomic E-state index is 0. The first-order valence-electron chi connectivity index (χ1n) is 5.60. The summed E-state index contributed by atoms with van der Waals surface area (Å²) in [7, 11) is 0. The molecule has 1 heterocycles. The van der Waals surface area contributed by atoms with E-state index in [1.165, 1.54) is 0 Å². The number of carbonyl (C=O) groups excluding carboxylic acids is 1.